The van der Waals surface area contributed by atoms with Crippen molar-refractivity contribution in [2.45, 2.75) is 6.92 Å². The van der Waals surface area contributed by atoms with E-state index in [0.717, 1.165) is 0 Å². The Labute approximate surface area is 85.9 Å². The number of aromatic amines is 1. The van der Waals surface area contributed by atoms with E-state index >= 15 is 0 Å². The lowest BCUT2D eigenvalue weighted by Gasteiger charge is -2.00. The maximum absolute atomic E-state index is 11.5. The van der Waals surface area contributed by atoms with Crippen molar-refractivity contribution >= 4 is 22.8 Å². The number of anilines is 1. The molecular weight excluding hydrogens is 194 g/mol. The molecule has 15 heavy (non-hydrogen) atoms. The average molecular weight is 205 g/mol. The number of nitrogens with zero attached hydrogens (tertiary/aromatic N) is 2. The van der Waals surface area contributed by atoms with Crippen LogP contribution in [0.25, 0.3) is 11.0 Å². The summed E-state index contributed by atoms with van der Waals surface area (Å²) in [6.07, 6.45) is 1.58. The number of hydrogen-bond donors (Lipinski definition) is 3. The Morgan fingerprint density at radius 1 is 1.53 bits per heavy atom. The summed E-state index contributed by atoms with van der Waals surface area (Å²) in [4.78, 5) is 22.5. The van der Waals surface area contributed by atoms with E-state index in [1.54, 1.807) is 20.2 Å². The van der Waals surface area contributed by atoms with Gasteiger partial charge in [-0.2, -0.15) is 0 Å². The van der Waals surface area contributed by atoms with Gasteiger partial charge in [0.15, 0.2) is 0 Å². The van der Waals surface area contributed by atoms with Crippen molar-refractivity contribution in [1.82, 2.24) is 20.3 Å². The fourth-order valence-corrected chi connectivity index (χ4v) is 1.49. The minimum absolute atomic E-state index is 0.208. The summed E-state index contributed by atoms with van der Waals surface area (Å²) in [5.74, 6) is 0.683. The fourth-order valence-electron chi connectivity index (χ4n) is 1.49. The molecule has 0 bridgehead atoms. The van der Waals surface area contributed by atoms with Crippen LogP contribution in [-0.2, 0) is 0 Å². The number of nitrogens with two attached hydrogens (primary N) is 1. The minimum atomic E-state index is -0.208. The number of carbonyl (C=O) groups is 1. The van der Waals surface area contributed by atoms with Crippen LogP contribution in [0.5, 0.6) is 0 Å². The number of rotatable bonds is 1. The van der Waals surface area contributed by atoms with E-state index in [2.05, 4.69) is 20.3 Å². The molecule has 0 radical (unpaired) electrons. The Kier molecular flexibility index (Phi) is 2.03. The van der Waals surface area contributed by atoms with Gasteiger partial charge < -0.3 is 16.0 Å². The molecule has 2 aromatic heterocycles. The van der Waals surface area contributed by atoms with Crippen molar-refractivity contribution in [3.05, 3.63) is 17.6 Å². The first-order valence-corrected chi connectivity index (χ1v) is 4.46. The quantitative estimate of drug-likeness (QED) is 0.619. The molecule has 4 N–H and O–H groups in total. The van der Waals surface area contributed by atoms with Gasteiger partial charge in [0.2, 0.25) is 0 Å². The van der Waals surface area contributed by atoms with Crippen LogP contribution in [0.4, 0.5) is 5.82 Å². The molecule has 0 spiro atoms. The number of nitrogens with one attached hydrogen (secondary N) is 2. The third-order valence-electron chi connectivity index (χ3n) is 2.14. The van der Waals surface area contributed by atoms with Gasteiger partial charge in [0.05, 0.1) is 10.9 Å². The zero-order chi connectivity index (χ0) is 11.0. The normalized spacial score (nSPS) is 10.5. The maximum Gasteiger partial charge on any atom is 0.253 e. The third kappa shape index (κ3) is 1.39. The summed E-state index contributed by atoms with van der Waals surface area (Å²) >= 11 is 0. The summed E-state index contributed by atoms with van der Waals surface area (Å²) < 4.78 is 0. The topological polar surface area (TPSA) is 96.7 Å². The maximum atomic E-state index is 11.5. The highest BCUT2D eigenvalue weighted by Gasteiger charge is 2.14. The van der Waals surface area contributed by atoms with Crippen molar-refractivity contribution in [2.75, 3.05) is 12.8 Å². The highest BCUT2D eigenvalue weighted by molar-refractivity contribution is 6.09. The van der Waals surface area contributed by atoms with E-state index in [1.807, 2.05) is 0 Å². The van der Waals surface area contributed by atoms with Crippen LogP contribution in [0.3, 0.4) is 0 Å². The molecule has 0 aliphatic rings. The molecule has 2 rings (SSSR count). The molecule has 0 unspecified atom stereocenters. The molecule has 0 atom stereocenters. The zero-order valence-electron chi connectivity index (χ0n) is 8.46. The Hall–Kier alpha value is -2.11. The van der Waals surface area contributed by atoms with Crippen molar-refractivity contribution in [3.8, 4) is 0 Å². The van der Waals surface area contributed by atoms with Gasteiger partial charge >= 0.3 is 0 Å². The second-order valence-corrected chi connectivity index (χ2v) is 3.16. The summed E-state index contributed by atoms with van der Waals surface area (Å²) in [7, 11) is 1.56. The number of hydrogen-bond acceptors (Lipinski definition) is 4. The highest BCUT2D eigenvalue weighted by Crippen LogP contribution is 2.21. The van der Waals surface area contributed by atoms with Crippen LogP contribution in [-0.4, -0.2) is 27.9 Å². The van der Waals surface area contributed by atoms with Crippen molar-refractivity contribution in [2.24, 2.45) is 0 Å². The SMILES string of the molecule is CNC(=O)c1c[nH]c2nc(C)nc(N)c12. The van der Waals surface area contributed by atoms with Crippen molar-refractivity contribution in [3.63, 3.8) is 0 Å². The van der Waals surface area contributed by atoms with Crippen LogP contribution in [0.15, 0.2) is 6.20 Å². The first-order chi connectivity index (χ1) is 7.13. The second kappa shape index (κ2) is 3.23. The lowest BCUT2D eigenvalue weighted by molar-refractivity contribution is 0.0965. The van der Waals surface area contributed by atoms with Crippen LogP contribution in [0, 0.1) is 6.92 Å². The molecule has 0 saturated carbocycles. The average Bonchev–Trinajstić information content (AvgIpc) is 2.60. The van der Waals surface area contributed by atoms with Crippen LogP contribution in [0.2, 0.25) is 0 Å². The smallest absolute Gasteiger partial charge is 0.253 e. The predicted octanol–water partition coefficient (Wildman–Crippen LogP) is 0.208. The highest BCUT2D eigenvalue weighted by atomic mass is 16.1. The monoisotopic (exact) mass is 205 g/mol. The van der Waals surface area contributed by atoms with Gasteiger partial charge in [-0.05, 0) is 6.92 Å². The Bertz CT molecular complexity index is 531. The molecule has 2 aromatic rings. The van der Waals surface area contributed by atoms with Gasteiger partial charge in [-0.3, -0.25) is 4.79 Å². The minimum Gasteiger partial charge on any atom is -0.383 e. The Morgan fingerprint density at radius 2 is 2.27 bits per heavy atom. The number of amides is 1. The van der Waals surface area contributed by atoms with Gasteiger partial charge in [-0.15, -0.1) is 0 Å². The first kappa shape index (κ1) is 9.45. The van der Waals surface area contributed by atoms with E-state index in [4.69, 9.17) is 5.73 Å². The van der Waals surface area contributed by atoms with E-state index in [1.165, 1.54) is 0 Å². The van der Waals surface area contributed by atoms with E-state index in [9.17, 15) is 4.79 Å². The molecule has 1 amide bonds. The van der Waals surface area contributed by atoms with Crippen molar-refractivity contribution < 1.29 is 4.79 Å². The number of nitrogen functional groups attached to an aromatic ring is 1. The Balaban J connectivity index is 2.74. The molecule has 0 saturated heterocycles. The van der Waals surface area contributed by atoms with Gasteiger partial charge in [-0.25, -0.2) is 9.97 Å². The largest absolute Gasteiger partial charge is 0.383 e. The number of carbonyl (C=O) groups excluding carboxylic acids is 1. The number of fused-ring (bicyclic) bond motifs is 1. The molecule has 2 heterocycles. The molecule has 78 valence electrons. The summed E-state index contributed by atoms with van der Waals surface area (Å²) in [6, 6.07) is 0. The first-order valence-electron chi connectivity index (χ1n) is 4.46. The molecule has 0 aromatic carbocycles. The van der Waals surface area contributed by atoms with Crippen LogP contribution >= 0.6 is 0 Å². The molecule has 6 heteroatoms. The third-order valence-corrected chi connectivity index (χ3v) is 2.14. The van der Waals surface area contributed by atoms with E-state index in [-0.39, 0.29) is 5.91 Å². The standard InChI is InChI=1S/C9H11N5O/c1-4-13-7(10)6-5(9(15)11-2)3-12-8(6)14-4/h3H,1-2H3,(H,11,15)(H3,10,12,13,14). The summed E-state index contributed by atoms with van der Waals surface area (Å²) in [5, 5.41) is 3.10. The van der Waals surface area contributed by atoms with Gasteiger partial charge in [0, 0.05) is 13.2 Å². The predicted molar refractivity (Wildman–Crippen MR) is 56.4 cm³/mol. The molecule has 0 aliphatic carbocycles. The van der Waals surface area contributed by atoms with E-state index in [0.29, 0.717) is 28.2 Å². The second-order valence-electron chi connectivity index (χ2n) is 3.16. The summed E-state index contributed by atoms with van der Waals surface area (Å²) in [6.45, 7) is 1.75. The lowest BCUT2D eigenvalue weighted by atomic mass is 10.2. The molecule has 0 fully saturated rings. The summed E-state index contributed by atoms with van der Waals surface area (Å²) in [5.41, 5.74) is 6.79. The number of H-pyrrole nitrogens is 1. The van der Waals surface area contributed by atoms with Gasteiger partial charge in [-0.1, -0.05) is 0 Å². The molecule has 0 aliphatic heterocycles. The lowest BCUT2D eigenvalue weighted by Crippen LogP contribution is -2.17. The van der Waals surface area contributed by atoms with Crippen molar-refractivity contribution in [1.29, 1.82) is 0 Å². The van der Waals surface area contributed by atoms with Gasteiger partial charge in [0.25, 0.3) is 5.91 Å². The van der Waals surface area contributed by atoms with Crippen LogP contribution in [0.1, 0.15) is 16.2 Å². The number of aromatic nitrogens is 3. The molecule has 6 nitrogen and oxygen atoms in total. The van der Waals surface area contributed by atoms with E-state index < -0.39 is 0 Å². The van der Waals surface area contributed by atoms with Gasteiger partial charge in [0.1, 0.15) is 17.3 Å². The molecular formula is C9H11N5O. The number of aryl methyl sites for hydroxylation is 1. The Morgan fingerprint density at radius 3 is 2.93 bits per heavy atom. The fraction of sp³-hybridized carbons (Fsp3) is 0.222. The zero-order valence-corrected chi connectivity index (χ0v) is 8.46. The van der Waals surface area contributed by atoms with Crippen LogP contribution < -0.4 is 11.1 Å².